The van der Waals surface area contributed by atoms with E-state index in [0.717, 1.165) is 31.0 Å². The first-order valence-corrected chi connectivity index (χ1v) is 13.2. The van der Waals surface area contributed by atoms with Crippen LogP contribution in [0.4, 0.5) is 10.5 Å². The third-order valence-electron chi connectivity index (χ3n) is 4.98. The molecule has 0 saturated carbocycles. The summed E-state index contributed by atoms with van der Waals surface area (Å²) in [6, 6.07) is 3.28. The molecule has 0 N–H and O–H groups in total. The zero-order valence-corrected chi connectivity index (χ0v) is 20.0. The largest absolute Gasteiger partial charge is 0.399 e. The van der Waals surface area contributed by atoms with Gasteiger partial charge in [-0.1, -0.05) is 30.7 Å². The molecule has 7 nitrogen and oxygen atoms in total. The van der Waals surface area contributed by atoms with Crippen LogP contribution in [-0.2, 0) is 16.8 Å². The van der Waals surface area contributed by atoms with E-state index in [1.54, 1.807) is 32.4 Å². The summed E-state index contributed by atoms with van der Waals surface area (Å²) in [4.78, 5) is 25.1. The van der Waals surface area contributed by atoms with Gasteiger partial charge in [0.25, 0.3) is 0 Å². The van der Waals surface area contributed by atoms with Crippen LogP contribution in [0.5, 0.6) is 5.88 Å². The van der Waals surface area contributed by atoms with E-state index in [2.05, 4.69) is 16.0 Å². The molecule has 10 heteroatoms. The Kier molecular flexibility index (Phi) is 7.28. The van der Waals surface area contributed by atoms with E-state index >= 15 is 0 Å². The van der Waals surface area contributed by atoms with Gasteiger partial charge in [-0.3, -0.25) is 4.79 Å². The molecule has 1 saturated heterocycles. The molecule has 3 rings (SSSR count). The Bertz CT molecular complexity index is 1170. The molecule has 0 atom stereocenters. The number of allylic oxidation sites excluding steroid dienone is 1. The molecule has 0 amide bonds. The average Bonchev–Trinajstić information content (AvgIpc) is 3.09. The summed E-state index contributed by atoms with van der Waals surface area (Å²) in [6.45, 7) is 5.77. The number of nitrogens with zero attached hydrogens (tertiary/aromatic N) is 3. The molecule has 0 spiro atoms. The van der Waals surface area contributed by atoms with Crippen molar-refractivity contribution in [3.05, 3.63) is 46.6 Å². The first-order valence-electron chi connectivity index (χ1n) is 9.70. The van der Waals surface area contributed by atoms with Crippen LogP contribution < -0.4 is 4.74 Å². The normalized spacial score (nSPS) is 15.4. The maximum atomic E-state index is 13.3. The van der Waals surface area contributed by atoms with Crippen molar-refractivity contribution >= 4 is 55.4 Å². The van der Waals surface area contributed by atoms with E-state index in [1.807, 2.05) is 0 Å². The predicted octanol–water partition coefficient (Wildman–Crippen LogP) is 5.48. The minimum atomic E-state index is -2.45. The summed E-state index contributed by atoms with van der Waals surface area (Å²) in [6.07, 6.45) is 5.63. The molecule has 1 aromatic carbocycles. The third-order valence-corrected chi connectivity index (χ3v) is 8.15. The summed E-state index contributed by atoms with van der Waals surface area (Å²) < 4.78 is 24.4. The van der Waals surface area contributed by atoms with Gasteiger partial charge in [-0.25, -0.2) is 13.7 Å². The number of rotatable bonds is 5. The number of aromatic nitrogens is 2. The lowest BCUT2D eigenvalue weighted by molar-refractivity contribution is 0.103. The lowest BCUT2D eigenvalue weighted by Gasteiger charge is -2.18. The molecule has 0 aliphatic carbocycles. The fraction of sp³-hybridized carbons (Fsp3) is 0.381. The molecule has 31 heavy (non-hydrogen) atoms. The summed E-state index contributed by atoms with van der Waals surface area (Å²) in [5.41, 5.74) is 1.93. The van der Waals surface area contributed by atoms with Gasteiger partial charge in [0.15, 0.2) is 0 Å². The van der Waals surface area contributed by atoms with Crippen LogP contribution in [0.1, 0.15) is 47.7 Å². The number of hydrogen-bond donors (Lipinski definition) is 0. The average molecular weight is 482 g/mol. The van der Waals surface area contributed by atoms with Crippen molar-refractivity contribution in [2.45, 2.75) is 26.2 Å². The van der Waals surface area contributed by atoms with Crippen LogP contribution in [0.25, 0.3) is 5.57 Å². The lowest BCUT2D eigenvalue weighted by atomic mass is 9.99. The van der Waals surface area contributed by atoms with Gasteiger partial charge in [-0.05, 0) is 49.4 Å². The van der Waals surface area contributed by atoms with Gasteiger partial charge in [-0.15, -0.1) is 0 Å². The quantitative estimate of drug-likeness (QED) is 0.414. The number of benzene rings is 1. The highest BCUT2D eigenvalue weighted by Crippen LogP contribution is 2.39. The fourth-order valence-corrected chi connectivity index (χ4v) is 6.06. The van der Waals surface area contributed by atoms with E-state index in [0.29, 0.717) is 28.3 Å². The highest BCUT2D eigenvalue weighted by Gasteiger charge is 2.26. The smallest absolute Gasteiger partial charge is 0.373 e. The van der Waals surface area contributed by atoms with Gasteiger partial charge in [0.05, 0.1) is 26.6 Å². The van der Waals surface area contributed by atoms with Crippen molar-refractivity contribution in [3.8, 4) is 5.88 Å². The lowest BCUT2D eigenvalue weighted by Crippen LogP contribution is -2.16. The topological polar surface area (TPSA) is 90.6 Å². The van der Waals surface area contributed by atoms with E-state index < -0.39 is 20.8 Å². The second-order valence-corrected chi connectivity index (χ2v) is 11.0. The Balaban J connectivity index is 2.13. The van der Waals surface area contributed by atoms with Crippen LogP contribution in [-0.4, -0.2) is 42.8 Å². The first kappa shape index (κ1) is 23.6. The minimum absolute atomic E-state index is 0.0288. The molecule has 0 unspecified atom stereocenters. The molecule has 1 aliphatic heterocycles. The summed E-state index contributed by atoms with van der Waals surface area (Å²) in [7, 11) is -0.883. The summed E-state index contributed by atoms with van der Waals surface area (Å²) in [5, 5.41) is 3.57. The molecule has 0 radical (unpaired) electrons. The second-order valence-electron chi connectivity index (χ2n) is 7.31. The van der Waals surface area contributed by atoms with Gasteiger partial charge >= 0.3 is 5.30 Å². The number of carbonyl (C=O) groups excluding carboxylic acids is 2. The molecule has 1 fully saturated rings. The Morgan fingerprint density at radius 1 is 1.23 bits per heavy atom. The minimum Gasteiger partial charge on any atom is -0.399 e. The molecule has 2 heterocycles. The maximum absolute atomic E-state index is 13.3. The summed E-state index contributed by atoms with van der Waals surface area (Å²) >= 11 is 7.54. The van der Waals surface area contributed by atoms with Gasteiger partial charge in [-0.2, -0.15) is 9.46 Å². The second kappa shape index (κ2) is 9.58. The van der Waals surface area contributed by atoms with Gasteiger partial charge < -0.3 is 4.74 Å². The zero-order chi connectivity index (χ0) is 22.8. The SMILES string of the molecule is C=C(C)c1ccc(C(=O)c2cnn(C)c2OC(=O)SC)c(Cl)c1N=S1(=O)CCCCC1. The number of halogens is 1. The van der Waals surface area contributed by atoms with Crippen LogP contribution in [0.3, 0.4) is 0 Å². The van der Waals surface area contributed by atoms with Crippen LogP contribution in [0, 0.1) is 0 Å². The molecule has 2 aromatic rings. The van der Waals surface area contributed by atoms with Crippen molar-refractivity contribution in [2.24, 2.45) is 11.4 Å². The van der Waals surface area contributed by atoms with E-state index in [1.165, 1.54) is 10.9 Å². The number of aryl methyl sites for hydroxylation is 1. The monoisotopic (exact) mass is 481 g/mol. The number of ketones is 1. The highest BCUT2D eigenvalue weighted by atomic mass is 35.5. The summed E-state index contributed by atoms with van der Waals surface area (Å²) in [5.74, 6) is 0.578. The van der Waals surface area contributed by atoms with Gasteiger partial charge in [0, 0.05) is 29.7 Å². The van der Waals surface area contributed by atoms with E-state index in [-0.39, 0.29) is 22.0 Å². The van der Waals surface area contributed by atoms with Crippen molar-refractivity contribution in [1.29, 1.82) is 0 Å². The van der Waals surface area contributed by atoms with Crippen molar-refractivity contribution < 1.29 is 18.5 Å². The van der Waals surface area contributed by atoms with E-state index in [4.69, 9.17) is 16.3 Å². The van der Waals surface area contributed by atoms with E-state index in [9.17, 15) is 13.8 Å². The first-order chi connectivity index (χ1) is 14.7. The van der Waals surface area contributed by atoms with Crippen LogP contribution in [0.15, 0.2) is 29.3 Å². The Morgan fingerprint density at radius 3 is 2.48 bits per heavy atom. The number of thioether (sulfide) groups is 1. The standard InChI is InChI=1S/C21H24ClN3O4S2/c1-13(2)14-8-9-15(17(22)18(14)24-31(28)10-6-5-7-11-31)19(26)16-12-23-25(3)20(16)29-21(27)30-4/h8-9,12H,1,5-7,10-11H2,2-4H3. The number of carbonyl (C=O) groups is 2. The van der Waals surface area contributed by atoms with Gasteiger partial charge in [0.2, 0.25) is 11.7 Å². The number of hydrogen-bond acceptors (Lipinski definition) is 7. The molecular formula is C21H24ClN3O4S2. The Morgan fingerprint density at radius 2 is 1.87 bits per heavy atom. The zero-order valence-electron chi connectivity index (χ0n) is 17.6. The highest BCUT2D eigenvalue weighted by molar-refractivity contribution is 8.12. The van der Waals surface area contributed by atoms with Gasteiger partial charge in [0.1, 0.15) is 5.56 Å². The molecule has 1 aromatic heterocycles. The Hall–Kier alpha value is -2.10. The predicted molar refractivity (Wildman–Crippen MR) is 126 cm³/mol. The molecular weight excluding hydrogens is 458 g/mol. The number of ether oxygens (including phenoxy) is 1. The van der Waals surface area contributed by atoms with Crippen molar-refractivity contribution in [3.63, 3.8) is 0 Å². The Labute approximate surface area is 191 Å². The van der Waals surface area contributed by atoms with Crippen molar-refractivity contribution in [1.82, 2.24) is 9.78 Å². The third kappa shape index (κ3) is 5.05. The fourth-order valence-electron chi connectivity index (χ4n) is 3.33. The van der Waals surface area contributed by atoms with Crippen LogP contribution >= 0.6 is 23.4 Å². The van der Waals surface area contributed by atoms with Crippen molar-refractivity contribution in [2.75, 3.05) is 17.8 Å². The molecule has 166 valence electrons. The molecule has 1 aliphatic rings. The molecule has 0 bridgehead atoms. The van der Waals surface area contributed by atoms with Crippen LogP contribution in [0.2, 0.25) is 5.02 Å². The maximum Gasteiger partial charge on any atom is 0.373 e.